The molecule has 2 aromatic rings. The first kappa shape index (κ1) is 17.7. The molecule has 0 aliphatic rings. The minimum Gasteiger partial charge on any atom is -0.350 e. The van der Waals surface area contributed by atoms with Gasteiger partial charge in [-0.1, -0.05) is 40.3 Å². The van der Waals surface area contributed by atoms with Gasteiger partial charge in [-0.25, -0.2) is 13.6 Å². The van der Waals surface area contributed by atoms with Crippen molar-refractivity contribution in [2.45, 2.75) is 11.3 Å². The van der Waals surface area contributed by atoms with Gasteiger partial charge in [-0.15, -0.1) is 0 Å². The predicted molar refractivity (Wildman–Crippen MR) is 97.1 cm³/mol. The van der Waals surface area contributed by atoms with Crippen LogP contribution in [0.3, 0.4) is 0 Å². The van der Waals surface area contributed by atoms with E-state index in [-0.39, 0.29) is 17.1 Å². The van der Waals surface area contributed by atoms with Crippen LogP contribution in [0, 0.1) is 0 Å². The van der Waals surface area contributed by atoms with Crippen LogP contribution in [0.2, 0.25) is 0 Å². The Kier molecular flexibility index (Phi) is 5.64. The van der Waals surface area contributed by atoms with Gasteiger partial charge in [-0.2, -0.15) is 0 Å². The average Bonchev–Trinajstić information content (AvgIpc) is 2.47. The summed E-state index contributed by atoms with van der Waals surface area (Å²) in [6.07, 6.45) is 0.0634. The molecule has 0 spiro atoms. The molecule has 2 aromatic carbocycles. The highest BCUT2D eigenvalue weighted by atomic mass is 79.9. The summed E-state index contributed by atoms with van der Waals surface area (Å²) in [5.74, 6) is -0.101. The van der Waals surface area contributed by atoms with E-state index in [1.54, 1.807) is 24.3 Å². The first-order valence-corrected chi connectivity index (χ1v) is 9.22. The number of hydrogen-bond donors (Lipinski definition) is 2. The van der Waals surface area contributed by atoms with Crippen molar-refractivity contribution in [3.05, 3.63) is 58.6 Å². The topological polar surface area (TPSA) is 89.3 Å². The fourth-order valence-corrected chi connectivity index (χ4v) is 2.85. The second kappa shape index (κ2) is 7.31. The predicted octanol–water partition coefficient (Wildman–Crippen LogP) is 3.11. The van der Waals surface area contributed by atoms with E-state index in [9.17, 15) is 13.2 Å². The molecule has 0 fully saturated rings. The first-order chi connectivity index (χ1) is 10.8. The molecule has 0 bridgehead atoms. The zero-order chi connectivity index (χ0) is 17.0. The summed E-state index contributed by atoms with van der Waals surface area (Å²) in [6, 6.07) is 12.8. The molecule has 0 aliphatic carbocycles. The van der Waals surface area contributed by atoms with Gasteiger partial charge in [0.1, 0.15) is 0 Å². The molecule has 2 rings (SSSR count). The summed E-state index contributed by atoms with van der Waals surface area (Å²) < 4.78 is 23.2. The molecule has 0 aromatic heterocycles. The van der Waals surface area contributed by atoms with Gasteiger partial charge < -0.3 is 5.32 Å². The van der Waals surface area contributed by atoms with Crippen molar-refractivity contribution >= 4 is 54.6 Å². The minimum atomic E-state index is -3.73. The number of halogens is 1. The standard InChI is InChI=1S/C15H13BrN2O3S2/c16-11-3-1-10(2-4-11)14(19)9-15(22)18-12-5-7-13(8-6-12)23(17,20)21/h1-8H,9H2,(H,18,22)(H2,17,20,21). The number of benzene rings is 2. The average molecular weight is 413 g/mol. The quantitative estimate of drug-likeness (QED) is 0.581. The fraction of sp³-hybridized carbons (Fsp3) is 0.0667. The molecule has 23 heavy (non-hydrogen) atoms. The van der Waals surface area contributed by atoms with Crippen LogP contribution < -0.4 is 10.5 Å². The van der Waals surface area contributed by atoms with Crippen LogP contribution in [-0.2, 0) is 10.0 Å². The number of primary sulfonamides is 1. The van der Waals surface area contributed by atoms with Crippen LogP contribution in [0.5, 0.6) is 0 Å². The number of carbonyl (C=O) groups excluding carboxylic acids is 1. The molecule has 0 atom stereocenters. The summed E-state index contributed by atoms with van der Waals surface area (Å²) >= 11 is 8.47. The molecule has 0 heterocycles. The summed E-state index contributed by atoms with van der Waals surface area (Å²) in [5, 5.41) is 7.93. The van der Waals surface area contributed by atoms with Gasteiger partial charge in [0.05, 0.1) is 16.3 Å². The molecule has 0 unspecified atom stereocenters. The van der Waals surface area contributed by atoms with Crippen LogP contribution in [0.4, 0.5) is 5.69 Å². The van der Waals surface area contributed by atoms with E-state index < -0.39 is 10.0 Å². The maximum Gasteiger partial charge on any atom is 0.238 e. The number of carbonyl (C=O) groups is 1. The van der Waals surface area contributed by atoms with E-state index in [0.29, 0.717) is 16.2 Å². The summed E-state index contributed by atoms with van der Waals surface area (Å²) in [4.78, 5) is 12.5. The SMILES string of the molecule is NS(=O)(=O)c1ccc(NC(=S)CC(=O)c2ccc(Br)cc2)cc1. The van der Waals surface area contributed by atoms with Crippen LogP contribution in [0.1, 0.15) is 16.8 Å². The second-order valence-corrected chi connectivity index (χ2v) is 7.69. The van der Waals surface area contributed by atoms with Crippen molar-refractivity contribution in [3.63, 3.8) is 0 Å². The summed E-state index contributed by atoms with van der Waals surface area (Å²) in [7, 11) is -3.73. The van der Waals surface area contributed by atoms with Gasteiger partial charge in [-0.05, 0) is 36.4 Å². The minimum absolute atomic E-state index is 0.0138. The third kappa shape index (κ3) is 5.21. The van der Waals surface area contributed by atoms with Crippen molar-refractivity contribution in [1.29, 1.82) is 0 Å². The number of nitrogens with two attached hydrogens (primary N) is 1. The van der Waals surface area contributed by atoms with Gasteiger partial charge in [0.2, 0.25) is 10.0 Å². The lowest BCUT2D eigenvalue weighted by atomic mass is 10.1. The molecule has 0 aliphatic heterocycles. The number of ketones is 1. The zero-order valence-corrected chi connectivity index (χ0v) is 15.0. The van der Waals surface area contributed by atoms with Gasteiger partial charge in [0, 0.05) is 15.7 Å². The number of rotatable bonds is 5. The summed E-state index contributed by atoms with van der Waals surface area (Å²) in [5.41, 5.74) is 1.16. The van der Waals surface area contributed by atoms with E-state index in [1.807, 2.05) is 0 Å². The largest absolute Gasteiger partial charge is 0.350 e. The zero-order valence-electron chi connectivity index (χ0n) is 11.8. The number of sulfonamides is 1. The number of thiocarbonyl (C=S) groups is 1. The number of Topliss-reactive ketones (excluding diaryl/α,β-unsaturated/α-hetero) is 1. The highest BCUT2D eigenvalue weighted by Gasteiger charge is 2.10. The van der Waals surface area contributed by atoms with Crippen LogP contribution in [0.15, 0.2) is 57.9 Å². The van der Waals surface area contributed by atoms with E-state index in [0.717, 1.165) is 4.47 Å². The number of nitrogens with one attached hydrogen (secondary N) is 1. The van der Waals surface area contributed by atoms with Crippen molar-refractivity contribution in [1.82, 2.24) is 0 Å². The Bertz CT molecular complexity index is 832. The van der Waals surface area contributed by atoms with Gasteiger partial charge >= 0.3 is 0 Å². The van der Waals surface area contributed by atoms with Crippen LogP contribution in [0.25, 0.3) is 0 Å². The smallest absolute Gasteiger partial charge is 0.238 e. The Morgan fingerprint density at radius 2 is 1.65 bits per heavy atom. The van der Waals surface area contributed by atoms with Crippen molar-refractivity contribution in [2.24, 2.45) is 5.14 Å². The molecule has 8 heteroatoms. The third-order valence-electron chi connectivity index (χ3n) is 2.95. The third-order valence-corrected chi connectivity index (χ3v) is 4.66. The molecule has 0 radical (unpaired) electrons. The second-order valence-electron chi connectivity index (χ2n) is 4.72. The van der Waals surface area contributed by atoms with Crippen molar-refractivity contribution < 1.29 is 13.2 Å². The molecule has 0 saturated heterocycles. The Hall–Kier alpha value is -1.61. The van der Waals surface area contributed by atoms with Crippen molar-refractivity contribution in [3.8, 4) is 0 Å². The summed E-state index contributed by atoms with van der Waals surface area (Å²) in [6.45, 7) is 0. The van der Waals surface area contributed by atoms with Crippen LogP contribution >= 0.6 is 28.1 Å². The van der Waals surface area contributed by atoms with E-state index >= 15 is 0 Å². The molecule has 0 saturated carbocycles. The Morgan fingerprint density at radius 1 is 1.09 bits per heavy atom. The molecular weight excluding hydrogens is 400 g/mol. The van der Waals surface area contributed by atoms with E-state index in [2.05, 4.69) is 21.2 Å². The fourth-order valence-electron chi connectivity index (χ4n) is 1.82. The monoisotopic (exact) mass is 412 g/mol. The highest BCUT2D eigenvalue weighted by Crippen LogP contribution is 2.15. The maximum atomic E-state index is 12.1. The first-order valence-electron chi connectivity index (χ1n) is 6.47. The molecule has 5 nitrogen and oxygen atoms in total. The Labute approximate surface area is 148 Å². The molecular formula is C15H13BrN2O3S2. The lowest BCUT2D eigenvalue weighted by Gasteiger charge is -2.08. The lowest BCUT2D eigenvalue weighted by Crippen LogP contribution is -2.15. The number of hydrogen-bond acceptors (Lipinski definition) is 4. The Morgan fingerprint density at radius 3 is 2.17 bits per heavy atom. The Balaban J connectivity index is 1.99. The van der Waals surface area contributed by atoms with Gasteiger partial charge in [-0.3, -0.25) is 4.79 Å². The maximum absolute atomic E-state index is 12.1. The van der Waals surface area contributed by atoms with Crippen LogP contribution in [-0.4, -0.2) is 19.2 Å². The van der Waals surface area contributed by atoms with Gasteiger partial charge in [0.25, 0.3) is 0 Å². The number of anilines is 1. The van der Waals surface area contributed by atoms with E-state index in [4.69, 9.17) is 17.4 Å². The normalized spacial score (nSPS) is 11.0. The molecule has 0 amide bonds. The molecule has 3 N–H and O–H groups in total. The van der Waals surface area contributed by atoms with E-state index in [1.165, 1.54) is 24.3 Å². The molecule has 120 valence electrons. The van der Waals surface area contributed by atoms with Gasteiger partial charge in [0.15, 0.2) is 5.78 Å². The highest BCUT2D eigenvalue weighted by molar-refractivity contribution is 9.10. The van der Waals surface area contributed by atoms with Crippen molar-refractivity contribution in [2.75, 3.05) is 5.32 Å². The lowest BCUT2D eigenvalue weighted by molar-refractivity contribution is 0.100.